The number of rotatable bonds is 6. The Morgan fingerprint density at radius 3 is 1.80 bits per heavy atom. The van der Waals surface area contributed by atoms with E-state index in [0.717, 1.165) is 0 Å². The van der Waals surface area contributed by atoms with Gasteiger partial charge in [0.1, 0.15) is 23.8 Å². The third-order valence-electron chi connectivity index (χ3n) is 4.05. The van der Waals surface area contributed by atoms with Crippen LogP contribution in [0.4, 0.5) is 8.78 Å². The number of esters is 1. The van der Waals surface area contributed by atoms with Gasteiger partial charge in [0.05, 0.1) is 0 Å². The van der Waals surface area contributed by atoms with Crippen molar-refractivity contribution in [1.82, 2.24) is 5.09 Å². The summed E-state index contributed by atoms with van der Waals surface area (Å²) in [5, 5.41) is 14.0. The second-order valence-corrected chi connectivity index (χ2v) is 6.08. The Labute approximate surface area is 147 Å². The number of ether oxygens (including phenoxy) is 1. The van der Waals surface area contributed by atoms with Gasteiger partial charge in [-0.2, -0.15) is 0 Å². The number of halogens is 2. The first-order valence-corrected chi connectivity index (χ1v) is 8.28. The average molecular weight is 367 g/mol. The molecular weight excluding hydrogens is 347 g/mol. The number of carbonyl (C=O) groups is 1. The van der Waals surface area contributed by atoms with Crippen LogP contribution in [0.3, 0.4) is 0 Å². The topological polar surface area (TPSA) is 58.6 Å². The molecule has 25 heavy (non-hydrogen) atoms. The zero-order valence-corrected chi connectivity index (χ0v) is 15.0. The smallest absolute Gasteiger partial charge is 0.323 e. The van der Waals surface area contributed by atoms with Crippen LogP contribution in [-0.4, -0.2) is 23.2 Å². The lowest BCUT2D eigenvalue weighted by atomic mass is 9.82. The molecule has 0 spiro atoms. The summed E-state index contributed by atoms with van der Waals surface area (Å²) in [6.07, 6.45) is -1.00. The molecule has 4 nitrogen and oxygen atoms in total. The number of hydrogen-bond acceptors (Lipinski definition) is 4. The van der Waals surface area contributed by atoms with Gasteiger partial charge >= 0.3 is 5.97 Å². The predicted molar refractivity (Wildman–Crippen MR) is 93.7 cm³/mol. The highest BCUT2D eigenvalue weighted by atomic mass is 31.0. The molecule has 0 heterocycles. The summed E-state index contributed by atoms with van der Waals surface area (Å²) < 4.78 is 31.9. The summed E-state index contributed by atoms with van der Waals surface area (Å²) >= 11 is 0. The summed E-state index contributed by atoms with van der Waals surface area (Å²) in [5.74, 6) is -1.49. The maximum absolute atomic E-state index is 13.3. The van der Waals surface area contributed by atoms with E-state index in [1.54, 1.807) is 6.92 Å². The van der Waals surface area contributed by atoms with E-state index in [2.05, 4.69) is 14.5 Å². The summed E-state index contributed by atoms with van der Waals surface area (Å²) in [4.78, 5) is 12.1. The highest BCUT2D eigenvalue weighted by Crippen LogP contribution is 2.35. The molecule has 1 unspecified atom stereocenters. The van der Waals surface area contributed by atoms with Crippen molar-refractivity contribution in [2.75, 3.05) is 0 Å². The number of aliphatic hydroxyl groups is 1. The molecule has 7 heteroatoms. The number of nitrogens with one attached hydrogen (secondary N) is 1. The van der Waals surface area contributed by atoms with E-state index in [4.69, 9.17) is 4.74 Å². The summed E-state index contributed by atoms with van der Waals surface area (Å²) in [7, 11) is 2.21. The van der Waals surface area contributed by atoms with Gasteiger partial charge in [-0.15, -0.1) is 0 Å². The van der Waals surface area contributed by atoms with Crippen LogP contribution in [-0.2, 0) is 15.1 Å². The Hall–Kier alpha value is -1.88. The van der Waals surface area contributed by atoms with Gasteiger partial charge in [-0.1, -0.05) is 33.7 Å². The third kappa shape index (κ3) is 4.21. The van der Waals surface area contributed by atoms with E-state index in [-0.39, 0.29) is 0 Å². The summed E-state index contributed by atoms with van der Waals surface area (Å²) in [5.41, 5.74) is -1.11. The molecule has 0 aliphatic rings. The largest absolute Gasteiger partial charge is 0.458 e. The predicted octanol–water partition coefficient (Wildman–Crippen LogP) is 2.90. The lowest BCUT2D eigenvalue weighted by Crippen LogP contribution is -2.44. The molecule has 0 saturated heterocycles. The molecule has 0 fully saturated rings. The van der Waals surface area contributed by atoms with Gasteiger partial charge in [0, 0.05) is 0 Å². The normalized spacial score (nSPS) is 14.0. The van der Waals surface area contributed by atoms with Crippen molar-refractivity contribution < 1.29 is 23.4 Å². The first kappa shape index (κ1) is 19.4. The number of carbonyl (C=O) groups excluding carboxylic acids is 1. The molecule has 0 aliphatic carbocycles. The first-order chi connectivity index (χ1) is 11.8. The van der Waals surface area contributed by atoms with E-state index >= 15 is 0 Å². The van der Waals surface area contributed by atoms with Crippen molar-refractivity contribution in [3.05, 3.63) is 71.3 Å². The first-order valence-electron chi connectivity index (χ1n) is 7.70. The molecular formula is C18H20F2NO3P. The molecule has 3 atom stereocenters. The van der Waals surface area contributed by atoms with Crippen molar-refractivity contribution in [2.45, 2.75) is 31.6 Å². The number of benzene rings is 2. The van der Waals surface area contributed by atoms with Crippen LogP contribution >= 0.6 is 9.39 Å². The summed E-state index contributed by atoms with van der Waals surface area (Å²) in [6.45, 7) is 3.14. The van der Waals surface area contributed by atoms with Gasteiger partial charge in [0.25, 0.3) is 0 Å². The van der Waals surface area contributed by atoms with E-state index < -0.39 is 35.4 Å². The van der Waals surface area contributed by atoms with Crippen molar-refractivity contribution in [2.24, 2.45) is 0 Å². The van der Waals surface area contributed by atoms with Crippen molar-refractivity contribution in [3.63, 3.8) is 0 Å². The second kappa shape index (κ2) is 8.00. The van der Waals surface area contributed by atoms with Crippen LogP contribution in [0.5, 0.6) is 0 Å². The van der Waals surface area contributed by atoms with Crippen molar-refractivity contribution in [1.29, 1.82) is 0 Å². The Morgan fingerprint density at radius 2 is 1.44 bits per heavy atom. The van der Waals surface area contributed by atoms with Gasteiger partial charge in [0.15, 0.2) is 5.60 Å². The molecule has 2 rings (SSSR count). The van der Waals surface area contributed by atoms with E-state index in [0.29, 0.717) is 11.1 Å². The van der Waals surface area contributed by atoms with Crippen LogP contribution in [0.25, 0.3) is 0 Å². The van der Waals surface area contributed by atoms with Crippen LogP contribution in [0.2, 0.25) is 0 Å². The molecule has 0 amide bonds. The zero-order valence-electron chi connectivity index (χ0n) is 13.9. The van der Waals surface area contributed by atoms with Crippen LogP contribution in [0, 0.1) is 11.6 Å². The molecule has 0 saturated carbocycles. The zero-order chi connectivity index (χ0) is 18.6. The molecule has 0 aromatic heterocycles. The summed E-state index contributed by atoms with van der Waals surface area (Å²) in [6, 6.07) is 9.81. The molecule has 0 radical (unpaired) electrons. The fourth-order valence-electron chi connectivity index (χ4n) is 2.47. The molecule has 2 aromatic rings. The van der Waals surface area contributed by atoms with Crippen LogP contribution in [0.1, 0.15) is 25.0 Å². The van der Waals surface area contributed by atoms with E-state index in [1.807, 2.05) is 0 Å². The van der Waals surface area contributed by atoms with Crippen LogP contribution in [0.15, 0.2) is 48.5 Å². The maximum atomic E-state index is 13.3. The third-order valence-corrected chi connectivity index (χ3v) is 4.55. The van der Waals surface area contributed by atoms with E-state index in [1.165, 1.54) is 55.5 Å². The lowest BCUT2D eigenvalue weighted by Gasteiger charge is -2.35. The molecule has 0 aliphatic heterocycles. The molecule has 2 aromatic carbocycles. The SMILES string of the molecule is C[C@H](OC(=O)[C@@H](C)NP)C(O)(c1ccc(F)cc1)c1ccc(F)cc1. The van der Waals surface area contributed by atoms with Gasteiger partial charge in [0.2, 0.25) is 0 Å². The standard InChI is InChI=1S/C18H20F2NO3P/c1-11(21-25)17(22)24-12(2)18(23,13-3-7-15(19)8-4-13)14-5-9-16(20)10-6-14/h3-12,21,23H,25H2,1-2H3/t11-,12+/m1/s1. The Balaban J connectivity index is 2.46. The van der Waals surface area contributed by atoms with Gasteiger partial charge in [-0.05, 0) is 49.2 Å². The monoisotopic (exact) mass is 367 g/mol. The van der Waals surface area contributed by atoms with Gasteiger partial charge in [-0.3, -0.25) is 9.88 Å². The lowest BCUT2D eigenvalue weighted by molar-refractivity contribution is -0.161. The van der Waals surface area contributed by atoms with Crippen molar-refractivity contribution >= 4 is 15.4 Å². The maximum Gasteiger partial charge on any atom is 0.323 e. The Kier molecular flexibility index (Phi) is 6.22. The molecule has 0 bridgehead atoms. The fraction of sp³-hybridized carbons (Fsp3) is 0.278. The quantitative estimate of drug-likeness (QED) is 0.609. The average Bonchev–Trinajstić information content (AvgIpc) is 2.61. The minimum Gasteiger partial charge on any atom is -0.458 e. The highest BCUT2D eigenvalue weighted by Gasteiger charge is 2.40. The highest BCUT2D eigenvalue weighted by molar-refractivity contribution is 7.13. The minimum atomic E-state index is -1.77. The number of hydrogen-bond donors (Lipinski definition) is 2. The molecule has 2 N–H and O–H groups in total. The Bertz CT molecular complexity index is 677. The Morgan fingerprint density at radius 1 is 1.04 bits per heavy atom. The van der Waals surface area contributed by atoms with E-state index in [9.17, 15) is 18.7 Å². The van der Waals surface area contributed by atoms with Crippen LogP contribution < -0.4 is 5.09 Å². The second-order valence-electron chi connectivity index (χ2n) is 5.75. The van der Waals surface area contributed by atoms with Gasteiger partial charge < -0.3 is 9.84 Å². The molecule has 134 valence electrons. The van der Waals surface area contributed by atoms with Gasteiger partial charge in [-0.25, -0.2) is 8.78 Å². The fourth-order valence-corrected chi connectivity index (χ4v) is 2.61. The van der Waals surface area contributed by atoms with Crippen molar-refractivity contribution in [3.8, 4) is 0 Å². The minimum absolute atomic E-state index is 0.326.